The van der Waals surface area contributed by atoms with Gasteiger partial charge < -0.3 is 19.5 Å². The van der Waals surface area contributed by atoms with Gasteiger partial charge in [-0.15, -0.1) is 5.92 Å². The summed E-state index contributed by atoms with van der Waals surface area (Å²) in [5.41, 5.74) is 5.47. The average molecular weight is 515 g/mol. The standard InChI is InChI=1S/C31H31FN2O4/c1-3-4-21(17-30(35)36-2)20-5-8-23(9-6-20)34-28-13-11-26-25(10-12-27(32)31(26)28)22-7-14-29(33-18-22)38-24-15-16-37-19-24/h5-10,12,14,18,21,24,28,34H,11,13,15-17,19H2,1-2H3/t21?,24-,28-/m1/s1. The molecule has 3 atom stereocenters. The van der Waals surface area contributed by atoms with Gasteiger partial charge in [0.2, 0.25) is 5.88 Å². The van der Waals surface area contributed by atoms with Crippen LogP contribution in [-0.4, -0.2) is 37.4 Å². The van der Waals surface area contributed by atoms with Gasteiger partial charge in [-0.05, 0) is 60.7 Å². The Hall–Kier alpha value is -3.89. The van der Waals surface area contributed by atoms with E-state index in [2.05, 4.69) is 22.1 Å². The Morgan fingerprint density at radius 3 is 2.71 bits per heavy atom. The van der Waals surface area contributed by atoms with Crippen molar-refractivity contribution in [1.29, 1.82) is 0 Å². The van der Waals surface area contributed by atoms with E-state index in [1.165, 1.54) is 7.11 Å². The first-order valence-corrected chi connectivity index (χ1v) is 12.9. The first kappa shape index (κ1) is 25.7. The second-order valence-electron chi connectivity index (χ2n) is 9.56. The first-order valence-electron chi connectivity index (χ1n) is 12.9. The maximum atomic E-state index is 15.1. The molecule has 2 aromatic carbocycles. The fourth-order valence-corrected chi connectivity index (χ4v) is 5.21. The van der Waals surface area contributed by atoms with Gasteiger partial charge in [-0.3, -0.25) is 4.79 Å². The minimum absolute atomic E-state index is 0.0441. The number of hydrogen-bond donors (Lipinski definition) is 1. The van der Waals surface area contributed by atoms with Gasteiger partial charge in [0, 0.05) is 35.5 Å². The minimum Gasteiger partial charge on any atom is -0.472 e. The molecule has 1 fully saturated rings. The van der Waals surface area contributed by atoms with Crippen molar-refractivity contribution < 1.29 is 23.4 Å². The number of methoxy groups -OCH3 is 1. The highest BCUT2D eigenvalue weighted by molar-refractivity contribution is 5.72. The van der Waals surface area contributed by atoms with Crippen LogP contribution in [0, 0.1) is 17.7 Å². The summed E-state index contributed by atoms with van der Waals surface area (Å²) in [6.07, 6.45) is 4.46. The third-order valence-electron chi connectivity index (χ3n) is 7.13. The van der Waals surface area contributed by atoms with E-state index in [-0.39, 0.29) is 36.3 Å². The van der Waals surface area contributed by atoms with Crippen LogP contribution in [0.25, 0.3) is 11.1 Å². The highest BCUT2D eigenvalue weighted by Crippen LogP contribution is 2.41. The lowest BCUT2D eigenvalue weighted by molar-refractivity contribution is -0.140. The fraction of sp³-hybridized carbons (Fsp3) is 0.355. The van der Waals surface area contributed by atoms with E-state index in [1.54, 1.807) is 19.2 Å². The summed E-state index contributed by atoms with van der Waals surface area (Å²) < 4.78 is 31.2. The maximum absolute atomic E-state index is 15.1. The number of benzene rings is 2. The van der Waals surface area contributed by atoms with Crippen molar-refractivity contribution in [3.05, 3.63) is 77.2 Å². The summed E-state index contributed by atoms with van der Waals surface area (Å²) in [4.78, 5) is 16.3. The monoisotopic (exact) mass is 514 g/mol. The molecule has 2 aliphatic rings. The second kappa shape index (κ2) is 11.7. The van der Waals surface area contributed by atoms with Crippen molar-refractivity contribution in [2.24, 2.45) is 0 Å². The summed E-state index contributed by atoms with van der Waals surface area (Å²) in [6.45, 7) is 3.06. The van der Waals surface area contributed by atoms with Crippen LogP contribution in [0.1, 0.15) is 54.8 Å². The van der Waals surface area contributed by atoms with E-state index >= 15 is 4.39 Å². The van der Waals surface area contributed by atoms with Gasteiger partial charge in [0.25, 0.3) is 0 Å². The van der Waals surface area contributed by atoms with Gasteiger partial charge in [0.1, 0.15) is 11.9 Å². The van der Waals surface area contributed by atoms with E-state index in [0.29, 0.717) is 24.7 Å². The number of rotatable bonds is 8. The maximum Gasteiger partial charge on any atom is 0.307 e. The van der Waals surface area contributed by atoms with Crippen molar-refractivity contribution in [1.82, 2.24) is 4.98 Å². The molecule has 5 rings (SSSR count). The molecular formula is C31H31FN2O4. The number of nitrogens with one attached hydrogen (secondary N) is 1. The number of ether oxygens (including phenoxy) is 3. The van der Waals surface area contributed by atoms with Crippen LogP contribution in [-0.2, 0) is 20.7 Å². The smallest absolute Gasteiger partial charge is 0.307 e. The summed E-state index contributed by atoms with van der Waals surface area (Å²) in [5.74, 6) is 5.81. The molecule has 6 nitrogen and oxygen atoms in total. The summed E-state index contributed by atoms with van der Waals surface area (Å²) in [7, 11) is 1.38. The Bertz CT molecular complexity index is 1340. The topological polar surface area (TPSA) is 69.7 Å². The van der Waals surface area contributed by atoms with Crippen LogP contribution >= 0.6 is 0 Å². The molecule has 0 radical (unpaired) electrons. The third kappa shape index (κ3) is 5.66. The number of anilines is 1. The molecule has 1 saturated heterocycles. The first-order chi connectivity index (χ1) is 18.6. The number of carbonyl (C=O) groups is 1. The van der Waals surface area contributed by atoms with Gasteiger partial charge in [-0.1, -0.05) is 24.1 Å². The van der Waals surface area contributed by atoms with Gasteiger partial charge in [0.05, 0.1) is 38.7 Å². The molecular weight excluding hydrogens is 483 g/mol. The zero-order chi connectivity index (χ0) is 26.5. The van der Waals surface area contributed by atoms with Crippen LogP contribution in [0.4, 0.5) is 10.1 Å². The van der Waals surface area contributed by atoms with Crippen molar-refractivity contribution >= 4 is 11.7 Å². The molecule has 1 aliphatic carbocycles. The van der Waals surface area contributed by atoms with Gasteiger partial charge in [0.15, 0.2) is 0 Å². The van der Waals surface area contributed by atoms with Crippen LogP contribution in [0.3, 0.4) is 0 Å². The predicted octanol–water partition coefficient (Wildman–Crippen LogP) is 5.82. The molecule has 38 heavy (non-hydrogen) atoms. The van der Waals surface area contributed by atoms with E-state index in [1.807, 2.05) is 42.5 Å². The Balaban J connectivity index is 1.32. The zero-order valence-corrected chi connectivity index (χ0v) is 21.6. The normalized spacial score (nSPS) is 18.7. The van der Waals surface area contributed by atoms with Crippen LogP contribution < -0.4 is 10.1 Å². The SMILES string of the molecule is CC#CC(CC(=O)OC)c1ccc(N[C@@H]2CCc3c(-c4ccc(O[C@@H]5CCOC5)nc4)ccc(F)c32)cc1. The summed E-state index contributed by atoms with van der Waals surface area (Å²) >= 11 is 0. The van der Waals surface area contributed by atoms with E-state index in [9.17, 15) is 4.79 Å². The summed E-state index contributed by atoms with van der Waals surface area (Å²) in [6, 6.07) is 14.9. The Labute approximate surface area is 222 Å². The van der Waals surface area contributed by atoms with Crippen LogP contribution in [0.2, 0.25) is 0 Å². The van der Waals surface area contributed by atoms with Gasteiger partial charge in [-0.25, -0.2) is 9.37 Å². The van der Waals surface area contributed by atoms with Crippen molar-refractivity contribution in [3.63, 3.8) is 0 Å². The largest absolute Gasteiger partial charge is 0.472 e. The van der Waals surface area contributed by atoms with Crippen LogP contribution in [0.15, 0.2) is 54.7 Å². The van der Waals surface area contributed by atoms with Crippen molar-refractivity contribution in [2.45, 2.75) is 50.7 Å². The molecule has 196 valence electrons. The molecule has 0 bridgehead atoms. The highest BCUT2D eigenvalue weighted by atomic mass is 19.1. The lowest BCUT2D eigenvalue weighted by Gasteiger charge is -2.18. The minimum atomic E-state index is -0.297. The quantitative estimate of drug-likeness (QED) is 0.302. The van der Waals surface area contributed by atoms with Crippen molar-refractivity contribution in [2.75, 3.05) is 25.6 Å². The number of halogens is 1. The highest BCUT2D eigenvalue weighted by Gasteiger charge is 2.29. The number of fused-ring (bicyclic) bond motifs is 1. The average Bonchev–Trinajstić information content (AvgIpc) is 3.60. The zero-order valence-electron chi connectivity index (χ0n) is 21.6. The summed E-state index contributed by atoms with van der Waals surface area (Å²) in [5, 5.41) is 3.50. The van der Waals surface area contributed by atoms with E-state index in [0.717, 1.165) is 47.2 Å². The van der Waals surface area contributed by atoms with Gasteiger partial charge >= 0.3 is 5.97 Å². The van der Waals surface area contributed by atoms with E-state index < -0.39 is 0 Å². The van der Waals surface area contributed by atoms with Gasteiger partial charge in [-0.2, -0.15) is 0 Å². The number of nitrogens with zero attached hydrogens (tertiary/aromatic N) is 1. The van der Waals surface area contributed by atoms with Crippen LogP contribution in [0.5, 0.6) is 5.88 Å². The molecule has 0 saturated carbocycles. The number of carbonyl (C=O) groups excluding carboxylic acids is 1. The molecule has 0 amide bonds. The number of hydrogen-bond acceptors (Lipinski definition) is 6. The Morgan fingerprint density at radius 2 is 2.03 bits per heavy atom. The molecule has 7 heteroatoms. The van der Waals surface area contributed by atoms with Crippen molar-refractivity contribution in [3.8, 4) is 28.8 Å². The third-order valence-corrected chi connectivity index (χ3v) is 7.13. The predicted molar refractivity (Wildman–Crippen MR) is 143 cm³/mol. The lowest BCUT2D eigenvalue weighted by Crippen LogP contribution is -2.16. The molecule has 1 aliphatic heterocycles. The molecule has 2 heterocycles. The molecule has 1 N–H and O–H groups in total. The molecule has 3 aromatic rings. The number of aromatic nitrogens is 1. The second-order valence-corrected chi connectivity index (χ2v) is 9.56. The molecule has 1 aromatic heterocycles. The number of esters is 1. The molecule has 1 unspecified atom stereocenters. The Morgan fingerprint density at radius 1 is 1.18 bits per heavy atom. The lowest BCUT2D eigenvalue weighted by atomic mass is 9.95. The number of pyridine rings is 1. The van der Waals surface area contributed by atoms with E-state index in [4.69, 9.17) is 14.2 Å². The fourth-order valence-electron chi connectivity index (χ4n) is 5.21. The Kier molecular flexibility index (Phi) is 7.90. The molecule has 0 spiro atoms.